The van der Waals surface area contributed by atoms with Crippen molar-refractivity contribution in [1.29, 1.82) is 21.0 Å². The van der Waals surface area contributed by atoms with Crippen molar-refractivity contribution in [2.24, 2.45) is 0 Å². The Balaban J connectivity index is 2.35. The molecule has 0 saturated heterocycles. The summed E-state index contributed by atoms with van der Waals surface area (Å²) in [6.45, 7) is 0.146. The van der Waals surface area contributed by atoms with Gasteiger partial charge in [0.1, 0.15) is 17.9 Å². The number of benzene rings is 2. The Bertz CT molecular complexity index is 1110. The summed E-state index contributed by atoms with van der Waals surface area (Å²) < 4.78 is 15.8. The largest absolute Gasteiger partial charge is 0.454 e. The van der Waals surface area contributed by atoms with Gasteiger partial charge in [-0.25, -0.2) is 4.79 Å². The second-order valence-electron chi connectivity index (χ2n) is 6.41. The van der Waals surface area contributed by atoms with Gasteiger partial charge in [0.25, 0.3) is 0 Å². The number of rotatable bonds is 7. The Kier molecular flexibility index (Phi) is 8.11. The molecule has 0 spiro atoms. The number of likely N-dealkylation sites (N-methyl/N-ethyl adjacent to an activating group) is 1. The number of ether oxygens (including phenoxy) is 3. The third-order valence-corrected chi connectivity index (χ3v) is 4.26. The van der Waals surface area contributed by atoms with E-state index in [0.717, 1.165) is 0 Å². The van der Waals surface area contributed by atoms with Crippen molar-refractivity contribution in [3.05, 3.63) is 52.6 Å². The summed E-state index contributed by atoms with van der Waals surface area (Å²) in [6, 6.07) is 14.0. The topological polar surface area (TPSA) is 155 Å². The van der Waals surface area contributed by atoms with E-state index in [9.17, 15) is 15.3 Å². The molecule has 0 heterocycles. The molecule has 0 bridgehead atoms. The zero-order valence-electron chi connectivity index (χ0n) is 17.5. The highest BCUT2D eigenvalue weighted by Crippen LogP contribution is 2.32. The maximum absolute atomic E-state index is 12.4. The standard InChI is InChI=1S/C22H18N6O4/c1-28(13-20(30-2)31-3)22(29)27-18-7-16(11-25)21(17(8-18)12-26)32-19-5-14(9-23)4-15(6-19)10-24/h4-8,20H,13H2,1-3H3,(H,27,29). The maximum atomic E-state index is 12.4. The van der Waals surface area contributed by atoms with Crippen LogP contribution in [-0.2, 0) is 9.47 Å². The molecule has 0 atom stereocenters. The highest BCUT2D eigenvalue weighted by molar-refractivity contribution is 5.90. The molecule has 32 heavy (non-hydrogen) atoms. The lowest BCUT2D eigenvalue weighted by Gasteiger charge is -2.22. The zero-order valence-corrected chi connectivity index (χ0v) is 17.5. The fourth-order valence-corrected chi connectivity index (χ4v) is 2.65. The van der Waals surface area contributed by atoms with Crippen LogP contribution < -0.4 is 10.1 Å². The van der Waals surface area contributed by atoms with Crippen LogP contribution in [0.4, 0.5) is 10.5 Å². The van der Waals surface area contributed by atoms with Gasteiger partial charge in [-0.2, -0.15) is 21.0 Å². The molecule has 0 aliphatic heterocycles. The van der Waals surface area contributed by atoms with Crippen molar-refractivity contribution in [3.63, 3.8) is 0 Å². The molecule has 0 aromatic heterocycles. The van der Waals surface area contributed by atoms with Crippen LogP contribution in [0.1, 0.15) is 22.3 Å². The van der Waals surface area contributed by atoms with Crippen LogP contribution in [-0.4, -0.2) is 45.0 Å². The number of nitriles is 4. The summed E-state index contributed by atoms with van der Waals surface area (Å²) >= 11 is 0. The highest BCUT2D eigenvalue weighted by Gasteiger charge is 2.18. The van der Waals surface area contributed by atoms with Crippen molar-refractivity contribution in [2.75, 3.05) is 33.1 Å². The summed E-state index contributed by atoms with van der Waals surface area (Å²) in [7, 11) is 4.43. The van der Waals surface area contributed by atoms with E-state index in [-0.39, 0.29) is 46.0 Å². The number of hydrogen-bond acceptors (Lipinski definition) is 8. The predicted octanol–water partition coefficient (Wildman–Crippen LogP) is 3.05. The molecule has 0 aliphatic carbocycles. The first-order chi connectivity index (χ1) is 15.4. The number of carbonyl (C=O) groups is 1. The zero-order chi connectivity index (χ0) is 23.7. The molecule has 2 aromatic rings. The number of methoxy groups -OCH3 is 2. The summed E-state index contributed by atoms with van der Waals surface area (Å²) in [4.78, 5) is 13.8. The second kappa shape index (κ2) is 11.0. The van der Waals surface area contributed by atoms with Gasteiger partial charge in [0.05, 0.1) is 40.9 Å². The van der Waals surface area contributed by atoms with E-state index in [4.69, 9.17) is 24.7 Å². The van der Waals surface area contributed by atoms with Gasteiger partial charge in [0.15, 0.2) is 12.0 Å². The monoisotopic (exact) mass is 430 g/mol. The smallest absolute Gasteiger partial charge is 0.321 e. The molecule has 10 nitrogen and oxygen atoms in total. The first-order valence-electron chi connectivity index (χ1n) is 9.08. The molecule has 10 heteroatoms. The number of carbonyl (C=O) groups excluding carboxylic acids is 1. The van der Waals surface area contributed by atoms with E-state index in [1.807, 2.05) is 24.3 Å². The fraction of sp³-hybridized carbons (Fsp3) is 0.227. The lowest BCUT2D eigenvalue weighted by Crippen LogP contribution is -2.38. The molecule has 0 unspecified atom stereocenters. The van der Waals surface area contributed by atoms with Crippen LogP contribution in [0.2, 0.25) is 0 Å². The molecular formula is C22H18N6O4. The summed E-state index contributed by atoms with van der Waals surface area (Å²) in [5, 5.41) is 40.0. The minimum Gasteiger partial charge on any atom is -0.454 e. The minimum absolute atomic E-state index is 0.0190. The fourth-order valence-electron chi connectivity index (χ4n) is 2.65. The number of amides is 2. The summed E-state index contributed by atoms with van der Waals surface area (Å²) in [5.74, 6) is 0.0643. The van der Waals surface area contributed by atoms with Crippen LogP contribution in [0.3, 0.4) is 0 Å². The van der Waals surface area contributed by atoms with Gasteiger partial charge in [-0.1, -0.05) is 0 Å². The van der Waals surface area contributed by atoms with Gasteiger partial charge in [0.2, 0.25) is 0 Å². The minimum atomic E-state index is -0.617. The molecule has 0 saturated carbocycles. The number of nitrogens with zero attached hydrogens (tertiary/aromatic N) is 5. The molecular weight excluding hydrogens is 412 g/mol. The van der Waals surface area contributed by atoms with E-state index in [0.29, 0.717) is 0 Å². The molecule has 1 N–H and O–H groups in total. The van der Waals surface area contributed by atoms with E-state index in [1.54, 1.807) is 0 Å². The molecule has 0 radical (unpaired) electrons. The SMILES string of the molecule is COC(CN(C)C(=O)Nc1cc(C#N)c(Oc2cc(C#N)cc(C#N)c2)c(C#N)c1)OC. The normalized spacial score (nSPS) is 9.75. The third kappa shape index (κ3) is 5.72. The third-order valence-electron chi connectivity index (χ3n) is 4.26. The van der Waals surface area contributed by atoms with Crippen molar-refractivity contribution in [1.82, 2.24) is 4.90 Å². The maximum Gasteiger partial charge on any atom is 0.321 e. The number of anilines is 1. The van der Waals surface area contributed by atoms with Gasteiger partial charge >= 0.3 is 6.03 Å². The van der Waals surface area contributed by atoms with Crippen molar-refractivity contribution in [2.45, 2.75) is 6.29 Å². The average Bonchev–Trinajstić information content (AvgIpc) is 2.82. The molecule has 0 fully saturated rings. The second-order valence-corrected chi connectivity index (χ2v) is 6.41. The van der Waals surface area contributed by atoms with Gasteiger partial charge < -0.3 is 24.4 Å². The Morgan fingerprint density at radius 1 is 0.938 bits per heavy atom. The van der Waals surface area contributed by atoms with Crippen LogP contribution in [0.25, 0.3) is 0 Å². The number of nitrogens with one attached hydrogen (secondary N) is 1. The average molecular weight is 430 g/mol. The highest BCUT2D eigenvalue weighted by atomic mass is 16.7. The number of hydrogen-bond donors (Lipinski definition) is 1. The molecule has 0 aliphatic rings. The first-order valence-corrected chi connectivity index (χ1v) is 9.08. The van der Waals surface area contributed by atoms with Gasteiger partial charge in [-0.15, -0.1) is 0 Å². The molecule has 2 rings (SSSR count). The van der Waals surface area contributed by atoms with Crippen LogP contribution >= 0.6 is 0 Å². The summed E-state index contributed by atoms with van der Waals surface area (Å²) in [6.07, 6.45) is -0.617. The van der Waals surface area contributed by atoms with Crippen LogP contribution in [0.5, 0.6) is 11.5 Å². The van der Waals surface area contributed by atoms with E-state index >= 15 is 0 Å². The summed E-state index contributed by atoms with van der Waals surface area (Å²) in [5.41, 5.74) is 0.544. The van der Waals surface area contributed by atoms with E-state index < -0.39 is 12.3 Å². The lowest BCUT2D eigenvalue weighted by molar-refractivity contribution is -0.108. The predicted molar refractivity (Wildman–Crippen MR) is 111 cm³/mol. The molecule has 2 aromatic carbocycles. The van der Waals surface area contributed by atoms with Crippen molar-refractivity contribution in [3.8, 4) is 35.8 Å². The lowest BCUT2D eigenvalue weighted by atomic mass is 10.1. The van der Waals surface area contributed by atoms with Crippen molar-refractivity contribution < 1.29 is 19.0 Å². The Morgan fingerprint density at radius 2 is 1.47 bits per heavy atom. The first kappa shape index (κ1) is 23.7. The van der Waals surface area contributed by atoms with Gasteiger partial charge in [-0.3, -0.25) is 0 Å². The number of urea groups is 1. The van der Waals surface area contributed by atoms with Crippen molar-refractivity contribution >= 4 is 11.7 Å². The Labute approximate surface area is 185 Å². The van der Waals surface area contributed by atoms with Crippen LogP contribution in [0.15, 0.2) is 30.3 Å². The Morgan fingerprint density at radius 3 is 1.91 bits per heavy atom. The molecule has 2 amide bonds. The van der Waals surface area contributed by atoms with Crippen LogP contribution in [0, 0.1) is 45.3 Å². The van der Waals surface area contributed by atoms with Gasteiger partial charge in [0, 0.05) is 27.0 Å². The van der Waals surface area contributed by atoms with E-state index in [2.05, 4.69) is 5.32 Å². The Hall–Kier alpha value is -4.61. The van der Waals surface area contributed by atoms with E-state index in [1.165, 1.54) is 56.5 Å². The van der Waals surface area contributed by atoms with Gasteiger partial charge in [-0.05, 0) is 30.3 Å². The molecule has 160 valence electrons. The quantitative estimate of drug-likeness (QED) is 0.657.